The molecule has 0 saturated carbocycles. The number of benzene rings is 7. The van der Waals surface area contributed by atoms with Crippen LogP contribution < -0.4 is 0 Å². The Morgan fingerprint density at radius 3 is 1.87 bits per heavy atom. The normalized spacial score (nSPS) is 14.1. The first kappa shape index (κ1) is 19.2. The molecule has 7 aromatic carbocycles. The molecule has 9 rings (SSSR count). The first-order chi connectivity index (χ1) is 27.0. The van der Waals surface area contributed by atoms with Gasteiger partial charge in [-0.1, -0.05) is 127 Å². The van der Waals surface area contributed by atoms with Crippen LogP contribution >= 0.6 is 0 Å². The molecule has 2 aromatic heterocycles. The molecule has 47 heavy (non-hydrogen) atoms. The van der Waals surface area contributed by atoms with E-state index in [4.69, 9.17) is 27.3 Å². The van der Waals surface area contributed by atoms with Crippen molar-refractivity contribution < 1.29 is 12.3 Å². The Morgan fingerprint density at radius 1 is 0.447 bits per heavy atom. The van der Waals surface area contributed by atoms with E-state index in [0.29, 0.717) is 39.6 Å². The molecule has 9 aromatic rings. The highest BCUT2D eigenvalue weighted by Crippen LogP contribution is 2.38. The van der Waals surface area contributed by atoms with Crippen molar-refractivity contribution in [2.75, 3.05) is 0 Å². The zero-order chi connectivity index (χ0) is 39.0. The quantitative estimate of drug-likeness (QED) is 0.195. The smallest absolute Gasteiger partial charge is 0.164 e. The fourth-order valence-corrected chi connectivity index (χ4v) is 6.06. The van der Waals surface area contributed by atoms with Crippen molar-refractivity contribution in [3.8, 4) is 51.0 Å². The number of nitrogens with zero attached hydrogens (tertiary/aromatic N) is 4. The minimum absolute atomic E-state index is 0.0605. The molecule has 2 heterocycles. The van der Waals surface area contributed by atoms with Crippen LogP contribution in [-0.4, -0.2) is 19.5 Å². The van der Waals surface area contributed by atoms with Crippen LogP contribution in [0.4, 0.5) is 0 Å². The largest absolute Gasteiger partial charge is 0.309 e. The second kappa shape index (κ2) is 11.2. The molecule has 4 heteroatoms. The summed E-state index contributed by atoms with van der Waals surface area (Å²) in [6, 6.07) is 32.3. The van der Waals surface area contributed by atoms with E-state index >= 15 is 0 Å². The number of hydrogen-bond donors (Lipinski definition) is 0. The van der Waals surface area contributed by atoms with E-state index in [1.54, 1.807) is 22.8 Å². The van der Waals surface area contributed by atoms with Gasteiger partial charge in [0.25, 0.3) is 0 Å². The van der Waals surface area contributed by atoms with Crippen molar-refractivity contribution in [2.24, 2.45) is 0 Å². The Bertz CT molecular complexity index is 3050. The lowest BCUT2D eigenvalue weighted by Gasteiger charge is -2.11. The molecule has 0 atom stereocenters. The summed E-state index contributed by atoms with van der Waals surface area (Å²) in [5.41, 5.74) is 3.74. The number of hydrogen-bond acceptors (Lipinski definition) is 3. The maximum absolute atomic E-state index is 9.04. The molecule has 0 radical (unpaired) electrons. The number of rotatable bonds is 5. The second-order valence-corrected chi connectivity index (χ2v) is 11.0. The van der Waals surface area contributed by atoms with Crippen molar-refractivity contribution in [1.82, 2.24) is 19.5 Å². The molecule has 0 aliphatic carbocycles. The first-order valence-electron chi connectivity index (χ1n) is 19.6. The lowest BCUT2D eigenvalue weighted by Crippen LogP contribution is -2.00. The van der Waals surface area contributed by atoms with Gasteiger partial charge in [0.15, 0.2) is 17.5 Å². The van der Waals surface area contributed by atoms with Crippen molar-refractivity contribution in [3.05, 3.63) is 170 Å². The number of fused-ring (bicyclic) bond motifs is 4. The van der Waals surface area contributed by atoms with E-state index in [9.17, 15) is 0 Å². The summed E-state index contributed by atoms with van der Waals surface area (Å²) in [6.45, 7) is 0. The summed E-state index contributed by atoms with van der Waals surface area (Å²) in [5.74, 6) is 1.44. The van der Waals surface area contributed by atoms with Crippen LogP contribution in [0, 0.1) is 0 Å². The predicted molar refractivity (Wildman–Crippen MR) is 193 cm³/mol. The van der Waals surface area contributed by atoms with E-state index < -0.39 is 42.3 Å². The highest BCUT2D eigenvalue weighted by atomic mass is 15.0. The van der Waals surface area contributed by atoms with Gasteiger partial charge in [0, 0.05) is 33.2 Å². The minimum atomic E-state index is -0.529. The molecular formula is C43H28N4. The van der Waals surface area contributed by atoms with Crippen molar-refractivity contribution >= 4 is 32.6 Å². The first-order valence-corrected chi connectivity index (χ1v) is 15.1. The molecule has 0 aliphatic heterocycles. The molecule has 4 nitrogen and oxygen atoms in total. The third-order valence-electron chi connectivity index (χ3n) is 8.25. The third kappa shape index (κ3) is 4.75. The van der Waals surface area contributed by atoms with Gasteiger partial charge < -0.3 is 4.57 Å². The van der Waals surface area contributed by atoms with Crippen LogP contribution in [0.15, 0.2) is 170 Å². The van der Waals surface area contributed by atoms with E-state index in [2.05, 4.69) is 6.07 Å². The van der Waals surface area contributed by atoms with E-state index in [0.717, 1.165) is 21.9 Å². The highest BCUT2D eigenvalue weighted by Gasteiger charge is 2.17. The third-order valence-corrected chi connectivity index (χ3v) is 8.25. The van der Waals surface area contributed by atoms with Crippen molar-refractivity contribution in [2.45, 2.75) is 0 Å². The topological polar surface area (TPSA) is 43.6 Å². The molecular weight excluding hydrogens is 573 g/mol. The van der Waals surface area contributed by atoms with Crippen LogP contribution in [0.5, 0.6) is 0 Å². The second-order valence-electron chi connectivity index (χ2n) is 11.0. The maximum Gasteiger partial charge on any atom is 0.164 e. The fourth-order valence-electron chi connectivity index (χ4n) is 6.06. The molecule has 0 N–H and O–H groups in total. The summed E-state index contributed by atoms with van der Waals surface area (Å²) in [4.78, 5) is 14.7. The molecule has 220 valence electrons. The van der Waals surface area contributed by atoms with Gasteiger partial charge in [-0.25, -0.2) is 15.0 Å². The number of para-hydroxylation sites is 1. The molecule has 0 saturated heterocycles. The lowest BCUT2D eigenvalue weighted by atomic mass is 9.99. The summed E-state index contributed by atoms with van der Waals surface area (Å²) < 4.78 is 79.2. The summed E-state index contributed by atoms with van der Waals surface area (Å²) in [5, 5.41) is 2.65. The van der Waals surface area contributed by atoms with Gasteiger partial charge in [0.05, 0.1) is 23.4 Å². The Labute approximate surface area is 284 Å². The van der Waals surface area contributed by atoms with Crippen LogP contribution in [0.3, 0.4) is 0 Å². The molecule has 0 unspecified atom stereocenters. The van der Waals surface area contributed by atoms with Gasteiger partial charge in [0.2, 0.25) is 0 Å². The van der Waals surface area contributed by atoms with E-state index in [1.807, 2.05) is 91.0 Å². The molecule has 0 spiro atoms. The van der Waals surface area contributed by atoms with E-state index in [-0.39, 0.29) is 34.1 Å². The van der Waals surface area contributed by atoms with Crippen molar-refractivity contribution in [1.29, 1.82) is 0 Å². The zero-order valence-electron chi connectivity index (χ0n) is 33.8. The average molecular weight is 610 g/mol. The van der Waals surface area contributed by atoms with Gasteiger partial charge in [-0.15, -0.1) is 0 Å². The Balaban J connectivity index is 1.26. The summed E-state index contributed by atoms with van der Waals surface area (Å²) >= 11 is 0. The van der Waals surface area contributed by atoms with E-state index in [1.165, 1.54) is 0 Å². The predicted octanol–water partition coefficient (Wildman–Crippen LogP) is 10.8. The standard InChI is InChI=1S/C43H28N4/c1-3-13-30(14-4-1)36-19-11-21-39-40(36)37-18-9-10-20-38(37)47(39)35-26-24-32(25-27-35)42-44-41(31-15-5-2-6-16-31)45-43(46-42)34-23-22-29-12-7-8-17-33(29)28-34/h1-28H/i1D,3D,4D,9D,10D,13D,14D,18D,20D. The summed E-state index contributed by atoms with van der Waals surface area (Å²) in [6.07, 6.45) is 0. The monoisotopic (exact) mass is 609 g/mol. The molecule has 0 fully saturated rings. The SMILES string of the molecule is [2H]c1c([2H])c([2H])c(-c2cccc3c2c2c([2H])c([2H])c([2H])c([2H])c2n3-c2ccc(-c3nc(-c4ccccc4)nc(-c4ccc5ccccc5c4)n3)cc2)c([2H])c1[2H]. The van der Waals surface area contributed by atoms with Crippen LogP contribution in [-0.2, 0) is 0 Å². The summed E-state index contributed by atoms with van der Waals surface area (Å²) in [7, 11) is 0. The Morgan fingerprint density at radius 2 is 1.09 bits per heavy atom. The zero-order valence-corrected chi connectivity index (χ0v) is 24.8. The van der Waals surface area contributed by atoms with Gasteiger partial charge in [-0.3, -0.25) is 0 Å². The van der Waals surface area contributed by atoms with Crippen LogP contribution in [0.2, 0.25) is 0 Å². The maximum atomic E-state index is 9.04. The Kier molecular flexibility index (Phi) is 4.57. The highest BCUT2D eigenvalue weighted by molar-refractivity contribution is 6.15. The average Bonchev–Trinajstić information content (AvgIpc) is 3.59. The van der Waals surface area contributed by atoms with Gasteiger partial charge >= 0.3 is 0 Å². The van der Waals surface area contributed by atoms with Gasteiger partial charge in [0.1, 0.15) is 0 Å². The van der Waals surface area contributed by atoms with Gasteiger partial charge in [-0.05, 0) is 64.3 Å². The Hall–Kier alpha value is -6.39. The van der Waals surface area contributed by atoms with Gasteiger partial charge in [-0.2, -0.15) is 0 Å². The minimum Gasteiger partial charge on any atom is -0.309 e. The van der Waals surface area contributed by atoms with Crippen molar-refractivity contribution in [3.63, 3.8) is 0 Å². The number of aromatic nitrogens is 4. The van der Waals surface area contributed by atoms with Crippen LogP contribution in [0.1, 0.15) is 12.3 Å². The molecule has 0 bridgehead atoms. The fraction of sp³-hybridized carbons (Fsp3) is 0. The molecule has 0 amide bonds. The molecule has 0 aliphatic rings. The van der Waals surface area contributed by atoms with Crippen LogP contribution in [0.25, 0.3) is 83.6 Å². The lowest BCUT2D eigenvalue weighted by molar-refractivity contribution is 1.07.